The molecule has 26 heavy (non-hydrogen) atoms. The number of nitrogens with zero attached hydrogens (tertiary/aromatic N) is 1. The summed E-state index contributed by atoms with van der Waals surface area (Å²) >= 11 is 1.64. The fraction of sp³-hybridized carbons (Fsp3) is 0.316. The van der Waals surface area contributed by atoms with E-state index < -0.39 is 17.5 Å². The van der Waals surface area contributed by atoms with Crippen molar-refractivity contribution in [2.24, 2.45) is 0 Å². The van der Waals surface area contributed by atoms with Crippen molar-refractivity contribution in [3.8, 4) is 0 Å². The lowest BCUT2D eigenvalue weighted by Crippen LogP contribution is -2.40. The van der Waals surface area contributed by atoms with Crippen LogP contribution in [0.3, 0.4) is 0 Å². The molecule has 2 fully saturated rings. The second kappa shape index (κ2) is 6.25. The SMILES string of the molecule is CC1(c2ccc(C(=O)N3CCCC3c3ccsc3)cc2)NC(=O)NC1=O. The predicted molar refractivity (Wildman–Crippen MR) is 97.8 cm³/mol. The minimum absolute atomic E-state index is 0.00434. The Bertz CT molecular complexity index is 863. The fourth-order valence-corrected chi connectivity index (χ4v) is 4.39. The summed E-state index contributed by atoms with van der Waals surface area (Å²) in [7, 11) is 0. The number of rotatable bonds is 3. The molecule has 1 aromatic carbocycles. The van der Waals surface area contributed by atoms with Gasteiger partial charge in [-0.15, -0.1) is 0 Å². The first kappa shape index (κ1) is 16.8. The van der Waals surface area contributed by atoms with E-state index in [2.05, 4.69) is 22.1 Å². The molecule has 0 radical (unpaired) electrons. The van der Waals surface area contributed by atoms with Crippen LogP contribution < -0.4 is 10.6 Å². The van der Waals surface area contributed by atoms with Gasteiger partial charge in [-0.2, -0.15) is 11.3 Å². The molecule has 4 amide bonds. The van der Waals surface area contributed by atoms with E-state index in [1.54, 1.807) is 42.5 Å². The van der Waals surface area contributed by atoms with E-state index >= 15 is 0 Å². The van der Waals surface area contributed by atoms with Crippen molar-refractivity contribution in [3.05, 3.63) is 57.8 Å². The van der Waals surface area contributed by atoms with Crippen LogP contribution in [-0.4, -0.2) is 29.3 Å². The molecular weight excluding hydrogens is 350 g/mol. The van der Waals surface area contributed by atoms with Crippen LogP contribution in [0, 0.1) is 0 Å². The van der Waals surface area contributed by atoms with Crippen LogP contribution >= 0.6 is 11.3 Å². The summed E-state index contributed by atoms with van der Waals surface area (Å²) in [4.78, 5) is 38.4. The number of carbonyl (C=O) groups is 3. The third-order valence-electron chi connectivity index (χ3n) is 5.20. The average Bonchev–Trinajstić information content (AvgIpc) is 3.35. The van der Waals surface area contributed by atoms with Crippen molar-refractivity contribution in [1.82, 2.24) is 15.5 Å². The Morgan fingerprint density at radius 3 is 2.62 bits per heavy atom. The fourth-order valence-electron chi connectivity index (χ4n) is 3.68. The van der Waals surface area contributed by atoms with Gasteiger partial charge in [0.1, 0.15) is 5.54 Å². The van der Waals surface area contributed by atoms with E-state index in [4.69, 9.17) is 0 Å². The first-order chi connectivity index (χ1) is 12.5. The van der Waals surface area contributed by atoms with Crippen molar-refractivity contribution < 1.29 is 14.4 Å². The van der Waals surface area contributed by atoms with Crippen molar-refractivity contribution >= 4 is 29.2 Å². The molecule has 2 atom stereocenters. The van der Waals surface area contributed by atoms with Crippen LogP contribution in [0.1, 0.15) is 47.3 Å². The molecule has 2 N–H and O–H groups in total. The molecule has 7 heteroatoms. The van der Waals surface area contributed by atoms with Crippen LogP contribution in [0.5, 0.6) is 0 Å². The molecule has 0 bridgehead atoms. The van der Waals surface area contributed by atoms with Crippen molar-refractivity contribution in [2.75, 3.05) is 6.54 Å². The van der Waals surface area contributed by atoms with Crippen LogP contribution in [0.25, 0.3) is 0 Å². The van der Waals surface area contributed by atoms with Gasteiger partial charge in [-0.3, -0.25) is 14.9 Å². The van der Waals surface area contributed by atoms with Crippen molar-refractivity contribution in [2.45, 2.75) is 31.3 Å². The van der Waals surface area contributed by atoms with Gasteiger partial charge >= 0.3 is 6.03 Å². The lowest BCUT2D eigenvalue weighted by molar-refractivity contribution is -0.123. The summed E-state index contributed by atoms with van der Waals surface area (Å²) < 4.78 is 0. The lowest BCUT2D eigenvalue weighted by Gasteiger charge is -2.25. The van der Waals surface area contributed by atoms with Gasteiger partial charge in [0, 0.05) is 12.1 Å². The maximum Gasteiger partial charge on any atom is 0.322 e. The normalized spacial score (nSPS) is 25.3. The van der Waals surface area contributed by atoms with E-state index in [0.29, 0.717) is 11.1 Å². The van der Waals surface area contributed by atoms with Crippen LogP contribution in [0.4, 0.5) is 4.79 Å². The largest absolute Gasteiger partial charge is 0.332 e. The maximum absolute atomic E-state index is 13.0. The van der Waals surface area contributed by atoms with Crippen LogP contribution in [0.15, 0.2) is 41.1 Å². The Morgan fingerprint density at radius 2 is 2.00 bits per heavy atom. The number of likely N-dealkylation sites (tertiary alicyclic amines) is 1. The van der Waals surface area contributed by atoms with E-state index in [1.807, 2.05) is 10.3 Å². The summed E-state index contributed by atoms with van der Waals surface area (Å²) in [6, 6.07) is 8.61. The van der Waals surface area contributed by atoms with Crippen molar-refractivity contribution in [3.63, 3.8) is 0 Å². The highest BCUT2D eigenvalue weighted by atomic mass is 32.1. The predicted octanol–water partition coefficient (Wildman–Crippen LogP) is 2.78. The first-order valence-electron chi connectivity index (χ1n) is 8.56. The molecule has 1 aromatic heterocycles. The number of imide groups is 1. The summed E-state index contributed by atoms with van der Waals surface area (Å²) in [5.74, 6) is -0.394. The molecule has 2 unspecified atom stereocenters. The van der Waals surface area contributed by atoms with E-state index in [9.17, 15) is 14.4 Å². The van der Waals surface area contributed by atoms with Gasteiger partial charge in [-0.1, -0.05) is 12.1 Å². The van der Waals surface area contributed by atoms with E-state index in [1.165, 1.54) is 5.56 Å². The molecule has 134 valence electrons. The van der Waals surface area contributed by atoms with Gasteiger partial charge in [0.15, 0.2) is 0 Å². The quantitative estimate of drug-likeness (QED) is 0.817. The third-order valence-corrected chi connectivity index (χ3v) is 5.90. The molecule has 2 aliphatic rings. The maximum atomic E-state index is 13.0. The van der Waals surface area contributed by atoms with E-state index in [-0.39, 0.29) is 11.9 Å². The lowest BCUT2D eigenvalue weighted by atomic mass is 9.91. The Labute approximate surface area is 155 Å². The second-order valence-electron chi connectivity index (χ2n) is 6.82. The van der Waals surface area contributed by atoms with Crippen LogP contribution in [-0.2, 0) is 10.3 Å². The number of hydrogen-bond acceptors (Lipinski definition) is 4. The molecule has 2 saturated heterocycles. The number of benzene rings is 1. The molecule has 6 nitrogen and oxygen atoms in total. The monoisotopic (exact) mass is 369 g/mol. The van der Waals surface area contributed by atoms with E-state index in [0.717, 1.165) is 19.4 Å². The minimum Gasteiger partial charge on any atom is -0.332 e. The second-order valence-corrected chi connectivity index (χ2v) is 7.60. The van der Waals surface area contributed by atoms with Crippen LogP contribution in [0.2, 0.25) is 0 Å². The molecule has 0 spiro atoms. The topological polar surface area (TPSA) is 78.5 Å². The zero-order valence-electron chi connectivity index (χ0n) is 14.3. The summed E-state index contributed by atoms with van der Waals surface area (Å²) in [5.41, 5.74) is 1.32. The molecule has 0 aliphatic carbocycles. The number of hydrogen-bond donors (Lipinski definition) is 2. The van der Waals surface area contributed by atoms with Gasteiger partial charge in [0.05, 0.1) is 6.04 Å². The zero-order valence-corrected chi connectivity index (χ0v) is 15.1. The standard InChI is InChI=1S/C19H19N3O3S/c1-19(17(24)20-18(25)21-19)14-6-4-12(5-7-14)16(23)22-9-2-3-15(22)13-8-10-26-11-13/h4-8,10-11,15H,2-3,9H2,1H3,(H2,20,21,24,25). The average molecular weight is 369 g/mol. The van der Waals surface area contributed by atoms with Gasteiger partial charge in [-0.25, -0.2) is 4.79 Å². The Hall–Kier alpha value is -2.67. The number of amides is 4. The minimum atomic E-state index is -1.11. The molecule has 2 aromatic rings. The zero-order chi connectivity index (χ0) is 18.3. The summed E-state index contributed by atoms with van der Waals surface area (Å²) in [6.45, 7) is 2.40. The Morgan fingerprint density at radius 1 is 1.23 bits per heavy atom. The van der Waals surface area contributed by atoms with Gasteiger partial charge in [-0.05, 0) is 59.9 Å². The van der Waals surface area contributed by atoms with Gasteiger partial charge in [0.2, 0.25) is 0 Å². The molecular formula is C19H19N3O3S. The number of nitrogens with one attached hydrogen (secondary N) is 2. The Balaban J connectivity index is 1.56. The molecule has 0 saturated carbocycles. The Kier molecular flexibility index (Phi) is 4.03. The molecule has 3 heterocycles. The van der Waals surface area contributed by atoms with Gasteiger partial charge < -0.3 is 10.2 Å². The first-order valence-corrected chi connectivity index (χ1v) is 9.50. The number of thiophene rings is 1. The van der Waals surface area contributed by atoms with Gasteiger partial charge in [0.25, 0.3) is 11.8 Å². The number of urea groups is 1. The summed E-state index contributed by atoms with van der Waals surface area (Å²) in [6.07, 6.45) is 1.97. The molecule has 2 aliphatic heterocycles. The highest BCUT2D eigenvalue weighted by Gasteiger charge is 2.43. The smallest absolute Gasteiger partial charge is 0.322 e. The van der Waals surface area contributed by atoms with Crippen molar-refractivity contribution in [1.29, 1.82) is 0 Å². The number of carbonyl (C=O) groups excluding carboxylic acids is 3. The summed E-state index contributed by atoms with van der Waals surface area (Å²) in [5, 5.41) is 9.01. The highest BCUT2D eigenvalue weighted by molar-refractivity contribution is 7.08. The third kappa shape index (κ3) is 2.68. The molecule has 4 rings (SSSR count). The highest BCUT2D eigenvalue weighted by Crippen LogP contribution is 2.34.